The van der Waals surface area contributed by atoms with E-state index in [1.165, 1.54) is 6.20 Å². The molecule has 0 N–H and O–H groups in total. The fourth-order valence-electron chi connectivity index (χ4n) is 1.64. The summed E-state index contributed by atoms with van der Waals surface area (Å²) in [7, 11) is 0. The lowest BCUT2D eigenvalue weighted by atomic mass is 10.1. The van der Waals surface area contributed by atoms with Gasteiger partial charge in [0.25, 0.3) is 5.88 Å². The molecule has 2 heterocycles. The van der Waals surface area contributed by atoms with Gasteiger partial charge in [0, 0.05) is 24.5 Å². The van der Waals surface area contributed by atoms with E-state index in [1.807, 2.05) is 19.1 Å². The van der Waals surface area contributed by atoms with Crippen LogP contribution in [-0.2, 0) is 6.42 Å². The van der Waals surface area contributed by atoms with Crippen molar-refractivity contribution in [1.82, 2.24) is 9.97 Å². The topological polar surface area (TPSA) is 35.0 Å². The molecule has 2 aromatic heterocycles. The molecule has 0 atom stereocenters. The van der Waals surface area contributed by atoms with Gasteiger partial charge in [-0.25, -0.2) is 9.37 Å². The lowest BCUT2D eigenvalue weighted by Gasteiger charge is -2.06. The Bertz CT molecular complexity index is 576. The van der Waals surface area contributed by atoms with Crippen LogP contribution in [0.1, 0.15) is 16.8 Å². The lowest BCUT2D eigenvalue weighted by Crippen LogP contribution is -2.06. The molecule has 100 valence electrons. The monoisotopic (exact) mass is 268 g/mol. The van der Waals surface area contributed by atoms with Crippen molar-refractivity contribution < 1.29 is 17.9 Å². The average molecular weight is 268 g/mol. The van der Waals surface area contributed by atoms with E-state index in [0.29, 0.717) is 12.0 Å². The molecule has 2 rings (SSSR count). The fourth-order valence-corrected chi connectivity index (χ4v) is 1.64. The van der Waals surface area contributed by atoms with Gasteiger partial charge in [0.1, 0.15) is 0 Å². The molecular formula is C13H11F3N2O. The lowest BCUT2D eigenvalue weighted by molar-refractivity contribution is -0.0553. The molecule has 0 radical (unpaired) electrons. The largest absolute Gasteiger partial charge is 0.414 e. The third kappa shape index (κ3) is 3.67. The molecule has 0 bridgehead atoms. The molecule has 2 aromatic rings. The van der Waals surface area contributed by atoms with Crippen LogP contribution < -0.4 is 4.74 Å². The zero-order valence-corrected chi connectivity index (χ0v) is 10.1. The van der Waals surface area contributed by atoms with E-state index in [2.05, 4.69) is 14.7 Å². The predicted octanol–water partition coefficient (Wildman–Crippen LogP) is 3.12. The highest BCUT2D eigenvalue weighted by atomic mass is 19.3. The number of aromatic nitrogens is 2. The maximum atomic E-state index is 13.5. The van der Waals surface area contributed by atoms with Crippen LogP contribution in [0.5, 0.6) is 5.88 Å². The molecule has 0 aliphatic heterocycles. The number of pyridine rings is 2. The minimum absolute atomic E-state index is 0.376. The van der Waals surface area contributed by atoms with Crippen molar-refractivity contribution >= 4 is 0 Å². The van der Waals surface area contributed by atoms with Gasteiger partial charge in [0.05, 0.1) is 0 Å². The Kier molecular flexibility index (Phi) is 3.99. The summed E-state index contributed by atoms with van der Waals surface area (Å²) in [5.74, 6) is -1.61. The maximum absolute atomic E-state index is 13.5. The van der Waals surface area contributed by atoms with Crippen molar-refractivity contribution in [3.05, 3.63) is 53.2 Å². The number of halogens is 3. The molecule has 0 aliphatic rings. The highest BCUT2D eigenvalue weighted by molar-refractivity contribution is 5.25. The van der Waals surface area contributed by atoms with Crippen molar-refractivity contribution in [3.63, 3.8) is 0 Å². The normalized spacial score (nSPS) is 10.8. The highest BCUT2D eigenvalue weighted by Crippen LogP contribution is 2.18. The Balaban J connectivity index is 2.16. The number of nitrogens with zero attached hydrogens (tertiary/aromatic N) is 2. The molecule has 19 heavy (non-hydrogen) atoms. The Hall–Kier alpha value is -2.11. The molecule has 0 fully saturated rings. The van der Waals surface area contributed by atoms with Crippen molar-refractivity contribution in [3.8, 4) is 5.88 Å². The van der Waals surface area contributed by atoms with E-state index in [4.69, 9.17) is 0 Å². The maximum Gasteiger partial charge on any atom is 0.388 e. The minimum Gasteiger partial charge on any atom is -0.414 e. The van der Waals surface area contributed by atoms with Gasteiger partial charge in [-0.1, -0.05) is 0 Å². The quantitative estimate of drug-likeness (QED) is 0.854. The molecule has 0 amide bonds. The first-order chi connectivity index (χ1) is 9.04. The van der Waals surface area contributed by atoms with Gasteiger partial charge in [0.2, 0.25) is 0 Å². The molecule has 0 spiro atoms. The zero-order valence-electron chi connectivity index (χ0n) is 10.1. The number of hydrogen-bond acceptors (Lipinski definition) is 3. The molecule has 6 heteroatoms. The van der Waals surface area contributed by atoms with Gasteiger partial charge < -0.3 is 4.74 Å². The Morgan fingerprint density at radius 1 is 1.26 bits per heavy atom. The van der Waals surface area contributed by atoms with E-state index in [0.717, 1.165) is 17.3 Å². The summed E-state index contributed by atoms with van der Waals surface area (Å²) in [4.78, 5) is 7.67. The van der Waals surface area contributed by atoms with E-state index in [9.17, 15) is 13.2 Å². The average Bonchev–Trinajstić information content (AvgIpc) is 2.32. The fraction of sp³-hybridized carbons (Fsp3) is 0.231. The Morgan fingerprint density at radius 3 is 2.68 bits per heavy atom. The first-order valence-corrected chi connectivity index (χ1v) is 5.55. The third-order valence-corrected chi connectivity index (χ3v) is 2.42. The van der Waals surface area contributed by atoms with Crippen molar-refractivity contribution in [2.24, 2.45) is 0 Å². The number of rotatable bonds is 4. The van der Waals surface area contributed by atoms with Crippen molar-refractivity contribution in [1.29, 1.82) is 0 Å². The van der Waals surface area contributed by atoms with Gasteiger partial charge in [-0.15, -0.1) is 0 Å². The second kappa shape index (κ2) is 5.69. The minimum atomic E-state index is -3.09. The second-order valence-electron chi connectivity index (χ2n) is 4.01. The highest BCUT2D eigenvalue weighted by Gasteiger charge is 2.12. The van der Waals surface area contributed by atoms with E-state index in [1.54, 1.807) is 6.20 Å². The zero-order chi connectivity index (χ0) is 13.8. The van der Waals surface area contributed by atoms with E-state index >= 15 is 0 Å². The van der Waals surface area contributed by atoms with Gasteiger partial charge in [0.15, 0.2) is 5.82 Å². The number of ether oxygens (including phenoxy) is 1. The number of aryl methyl sites for hydroxylation is 1. The molecule has 0 saturated carbocycles. The van der Waals surface area contributed by atoms with Crippen LogP contribution in [0.4, 0.5) is 13.2 Å². The first kappa shape index (κ1) is 13.3. The first-order valence-electron chi connectivity index (χ1n) is 5.55. The molecule has 0 aromatic carbocycles. The van der Waals surface area contributed by atoms with Crippen molar-refractivity contribution in [2.75, 3.05) is 0 Å². The van der Waals surface area contributed by atoms with Crippen LogP contribution in [0.15, 0.2) is 30.6 Å². The van der Waals surface area contributed by atoms with Crippen LogP contribution in [-0.4, -0.2) is 16.6 Å². The van der Waals surface area contributed by atoms with Crippen LogP contribution in [0.2, 0.25) is 0 Å². The van der Waals surface area contributed by atoms with Crippen LogP contribution in [0.25, 0.3) is 0 Å². The summed E-state index contributed by atoms with van der Waals surface area (Å²) in [6.45, 7) is -1.17. The number of alkyl halides is 2. The van der Waals surface area contributed by atoms with Crippen LogP contribution in [0, 0.1) is 12.7 Å². The summed E-state index contributed by atoms with van der Waals surface area (Å²) in [5.41, 5.74) is 2.33. The molecule has 0 aliphatic carbocycles. The number of hydrogen-bond donors (Lipinski definition) is 0. The van der Waals surface area contributed by atoms with E-state index < -0.39 is 18.3 Å². The van der Waals surface area contributed by atoms with Gasteiger partial charge in [-0.3, -0.25) is 4.98 Å². The van der Waals surface area contributed by atoms with Crippen LogP contribution in [0.3, 0.4) is 0 Å². The molecule has 0 unspecified atom stereocenters. The summed E-state index contributed by atoms with van der Waals surface area (Å²) in [6, 6.07) is 4.83. The molecule has 0 saturated heterocycles. The second-order valence-corrected chi connectivity index (χ2v) is 4.01. The summed E-state index contributed by atoms with van der Waals surface area (Å²) in [6.07, 6.45) is 3.33. The summed E-state index contributed by atoms with van der Waals surface area (Å²) < 4.78 is 41.3. The summed E-state index contributed by atoms with van der Waals surface area (Å²) in [5, 5.41) is 0. The van der Waals surface area contributed by atoms with Gasteiger partial charge >= 0.3 is 6.61 Å². The Morgan fingerprint density at radius 2 is 2.05 bits per heavy atom. The predicted molar refractivity (Wildman–Crippen MR) is 62.6 cm³/mol. The smallest absolute Gasteiger partial charge is 0.388 e. The standard InChI is InChI=1S/C13H11F3N2O/c1-8-2-3-17-10(4-8)5-9-6-11(14)12(18-7-9)19-13(15)16/h2-4,6-7,13H,5H2,1H3. The third-order valence-electron chi connectivity index (χ3n) is 2.42. The van der Waals surface area contributed by atoms with Crippen LogP contribution >= 0.6 is 0 Å². The Labute approximate surface area is 108 Å². The summed E-state index contributed by atoms with van der Waals surface area (Å²) >= 11 is 0. The van der Waals surface area contributed by atoms with E-state index in [-0.39, 0.29) is 0 Å². The van der Waals surface area contributed by atoms with Crippen molar-refractivity contribution in [2.45, 2.75) is 20.0 Å². The SMILES string of the molecule is Cc1ccnc(Cc2cnc(OC(F)F)c(F)c2)c1. The molecule has 3 nitrogen and oxygen atoms in total. The molecular weight excluding hydrogens is 257 g/mol. The van der Waals surface area contributed by atoms with Gasteiger partial charge in [-0.05, 0) is 36.2 Å². The van der Waals surface area contributed by atoms with Gasteiger partial charge in [-0.2, -0.15) is 8.78 Å².